The van der Waals surface area contributed by atoms with Gasteiger partial charge in [-0.25, -0.2) is 9.18 Å². The number of halogens is 1. The highest BCUT2D eigenvalue weighted by Crippen LogP contribution is 2.33. The van der Waals surface area contributed by atoms with Crippen molar-refractivity contribution in [1.29, 1.82) is 0 Å². The fourth-order valence-electron chi connectivity index (χ4n) is 3.06. The molecule has 6 heteroatoms. The lowest BCUT2D eigenvalue weighted by Crippen LogP contribution is -2.29. The largest absolute Gasteiger partial charge is 0.460 e. The fraction of sp³-hybridized carbons (Fsp3) is 0.417. The molecule has 2 aromatic carbocycles. The van der Waals surface area contributed by atoms with Gasteiger partial charge in [0.15, 0.2) is 0 Å². The molecule has 5 nitrogen and oxygen atoms in total. The average molecular weight is 413 g/mol. The lowest BCUT2D eigenvalue weighted by molar-refractivity contribution is -0.154. The number of carbonyl (C=O) groups excluding carboxylic acids is 2. The second-order valence-electron chi connectivity index (χ2n) is 8.34. The monoisotopic (exact) mass is 413 g/mol. The van der Waals surface area contributed by atoms with E-state index in [-0.39, 0.29) is 30.4 Å². The molecule has 0 fully saturated rings. The standard InChI is InChI=1S/C24H28FNO4/c1-7-18-20(25)11-10-16-13-17(14-19(15(2)3)22(16)18)29-23(28)26-12-8-9-21(27)30-24(4,5)6/h1,10-11,13-15H,8-9,12H2,2-6H3,(H,26,28). The van der Waals surface area contributed by atoms with Gasteiger partial charge in [0, 0.05) is 18.4 Å². The van der Waals surface area contributed by atoms with Crippen molar-refractivity contribution in [3.63, 3.8) is 0 Å². The van der Waals surface area contributed by atoms with Gasteiger partial charge in [0.1, 0.15) is 17.2 Å². The van der Waals surface area contributed by atoms with Crippen molar-refractivity contribution in [3.8, 4) is 18.1 Å². The molecule has 0 radical (unpaired) electrons. The van der Waals surface area contributed by atoms with Crippen LogP contribution in [0.1, 0.15) is 64.5 Å². The summed E-state index contributed by atoms with van der Waals surface area (Å²) in [5.74, 6) is 2.03. The first-order chi connectivity index (χ1) is 14.0. The molecular weight excluding hydrogens is 385 g/mol. The van der Waals surface area contributed by atoms with E-state index in [0.29, 0.717) is 22.9 Å². The van der Waals surface area contributed by atoms with Crippen LogP contribution in [-0.4, -0.2) is 24.2 Å². The summed E-state index contributed by atoms with van der Waals surface area (Å²) in [6.45, 7) is 9.60. The van der Waals surface area contributed by atoms with Crippen molar-refractivity contribution in [3.05, 3.63) is 41.2 Å². The summed E-state index contributed by atoms with van der Waals surface area (Å²) in [5.41, 5.74) is 0.470. The molecule has 0 atom stereocenters. The maximum Gasteiger partial charge on any atom is 0.412 e. The Hall–Kier alpha value is -3.07. The first-order valence-electron chi connectivity index (χ1n) is 9.92. The molecule has 2 aromatic rings. The third kappa shape index (κ3) is 6.21. The van der Waals surface area contributed by atoms with Crippen LogP contribution >= 0.6 is 0 Å². The summed E-state index contributed by atoms with van der Waals surface area (Å²) < 4.78 is 24.7. The van der Waals surface area contributed by atoms with Crippen molar-refractivity contribution in [1.82, 2.24) is 5.32 Å². The zero-order chi connectivity index (χ0) is 22.5. The number of carbonyl (C=O) groups is 2. The van der Waals surface area contributed by atoms with Crippen molar-refractivity contribution >= 4 is 22.8 Å². The van der Waals surface area contributed by atoms with Gasteiger partial charge < -0.3 is 14.8 Å². The minimum absolute atomic E-state index is 0.0434. The van der Waals surface area contributed by atoms with Gasteiger partial charge in [0.25, 0.3) is 0 Å². The van der Waals surface area contributed by atoms with Crippen LogP contribution in [0.5, 0.6) is 5.75 Å². The van der Waals surface area contributed by atoms with E-state index in [1.54, 1.807) is 39.0 Å². The van der Waals surface area contributed by atoms with E-state index >= 15 is 0 Å². The van der Waals surface area contributed by atoms with E-state index in [0.717, 1.165) is 5.56 Å². The van der Waals surface area contributed by atoms with Gasteiger partial charge in [-0.3, -0.25) is 4.79 Å². The van der Waals surface area contributed by atoms with Gasteiger partial charge in [0.2, 0.25) is 0 Å². The molecule has 0 aromatic heterocycles. The smallest absolute Gasteiger partial charge is 0.412 e. The number of hydrogen-bond acceptors (Lipinski definition) is 4. The highest BCUT2D eigenvalue weighted by Gasteiger charge is 2.17. The van der Waals surface area contributed by atoms with Crippen LogP contribution in [0.15, 0.2) is 24.3 Å². The molecule has 160 valence electrons. The second-order valence-corrected chi connectivity index (χ2v) is 8.34. The molecule has 0 saturated heterocycles. The summed E-state index contributed by atoms with van der Waals surface area (Å²) in [6.07, 6.45) is 5.51. The van der Waals surface area contributed by atoms with E-state index in [1.165, 1.54) is 6.07 Å². The van der Waals surface area contributed by atoms with E-state index < -0.39 is 17.5 Å². The fourth-order valence-corrected chi connectivity index (χ4v) is 3.06. The Kier molecular flexibility index (Phi) is 7.44. The summed E-state index contributed by atoms with van der Waals surface area (Å²) >= 11 is 0. The Balaban J connectivity index is 2.06. The van der Waals surface area contributed by atoms with Crippen LogP contribution < -0.4 is 10.1 Å². The summed E-state index contributed by atoms with van der Waals surface area (Å²) in [6, 6.07) is 6.28. The van der Waals surface area contributed by atoms with Crippen molar-refractivity contribution in [2.75, 3.05) is 6.54 Å². The number of amides is 1. The maximum absolute atomic E-state index is 14.1. The molecular formula is C24H28FNO4. The number of esters is 1. The molecule has 0 aliphatic carbocycles. The van der Waals surface area contributed by atoms with Gasteiger partial charge in [-0.2, -0.15) is 0 Å². The predicted molar refractivity (Wildman–Crippen MR) is 115 cm³/mol. The second kappa shape index (κ2) is 9.62. The van der Waals surface area contributed by atoms with E-state index in [1.807, 2.05) is 13.8 Å². The van der Waals surface area contributed by atoms with Crippen molar-refractivity contribution in [2.45, 2.75) is 59.0 Å². The van der Waals surface area contributed by atoms with Crippen LogP contribution in [0.4, 0.5) is 9.18 Å². The summed E-state index contributed by atoms with van der Waals surface area (Å²) in [7, 11) is 0. The first kappa shape index (κ1) is 23.2. The molecule has 0 saturated carbocycles. The van der Waals surface area contributed by atoms with Crippen LogP contribution in [0.2, 0.25) is 0 Å². The van der Waals surface area contributed by atoms with Gasteiger partial charge in [0.05, 0.1) is 5.56 Å². The van der Waals surface area contributed by atoms with Crippen molar-refractivity contribution in [2.24, 2.45) is 0 Å². The van der Waals surface area contributed by atoms with Gasteiger partial charge >= 0.3 is 12.1 Å². The van der Waals surface area contributed by atoms with Crippen LogP contribution in [-0.2, 0) is 9.53 Å². The topological polar surface area (TPSA) is 64.6 Å². The zero-order valence-corrected chi connectivity index (χ0v) is 18.1. The lowest BCUT2D eigenvalue weighted by atomic mass is 9.92. The normalized spacial score (nSPS) is 11.3. The maximum atomic E-state index is 14.1. The number of nitrogens with one attached hydrogen (secondary N) is 1. The Morgan fingerprint density at radius 1 is 1.23 bits per heavy atom. The SMILES string of the molecule is C#Cc1c(F)ccc2cc(OC(=O)NCCCC(=O)OC(C)(C)C)cc(C(C)C)c12. The Morgan fingerprint density at radius 3 is 2.53 bits per heavy atom. The third-order valence-corrected chi connectivity index (χ3v) is 4.29. The van der Waals surface area contributed by atoms with Crippen LogP contribution in [0.3, 0.4) is 0 Å². The molecule has 0 spiro atoms. The molecule has 0 heterocycles. The van der Waals surface area contributed by atoms with E-state index in [4.69, 9.17) is 15.9 Å². The predicted octanol–water partition coefficient (Wildman–Crippen LogP) is 5.29. The molecule has 0 aliphatic rings. The number of benzene rings is 2. The van der Waals surface area contributed by atoms with Gasteiger partial charge in [-0.15, -0.1) is 6.42 Å². The Bertz CT molecular complexity index is 983. The lowest BCUT2D eigenvalue weighted by Gasteiger charge is -2.19. The summed E-state index contributed by atoms with van der Waals surface area (Å²) in [4.78, 5) is 23.8. The quantitative estimate of drug-likeness (QED) is 0.397. The summed E-state index contributed by atoms with van der Waals surface area (Å²) in [5, 5.41) is 3.96. The number of hydrogen-bond donors (Lipinski definition) is 1. The first-order valence-corrected chi connectivity index (χ1v) is 9.92. The number of ether oxygens (including phenoxy) is 2. The van der Waals surface area contributed by atoms with E-state index in [2.05, 4.69) is 11.2 Å². The number of terminal acetylenes is 1. The molecule has 0 unspecified atom stereocenters. The Morgan fingerprint density at radius 2 is 1.93 bits per heavy atom. The highest BCUT2D eigenvalue weighted by atomic mass is 19.1. The van der Waals surface area contributed by atoms with E-state index in [9.17, 15) is 14.0 Å². The number of rotatable bonds is 6. The van der Waals surface area contributed by atoms with Gasteiger partial charge in [-0.05, 0) is 62.3 Å². The molecule has 0 bridgehead atoms. The highest BCUT2D eigenvalue weighted by molar-refractivity contribution is 5.93. The molecule has 1 N–H and O–H groups in total. The minimum Gasteiger partial charge on any atom is -0.460 e. The van der Waals surface area contributed by atoms with Crippen molar-refractivity contribution < 1.29 is 23.5 Å². The van der Waals surface area contributed by atoms with Crippen LogP contribution in [0, 0.1) is 18.2 Å². The third-order valence-electron chi connectivity index (χ3n) is 4.29. The van der Waals surface area contributed by atoms with Gasteiger partial charge in [-0.1, -0.05) is 25.8 Å². The molecule has 2 rings (SSSR count). The number of fused-ring (bicyclic) bond motifs is 1. The Labute approximate surface area is 176 Å². The average Bonchev–Trinajstić information content (AvgIpc) is 2.63. The minimum atomic E-state index is -0.632. The van der Waals surface area contributed by atoms with Crippen LogP contribution in [0.25, 0.3) is 10.8 Å². The molecule has 30 heavy (non-hydrogen) atoms. The molecule has 1 amide bonds. The molecule has 0 aliphatic heterocycles. The zero-order valence-electron chi connectivity index (χ0n) is 18.1.